The Morgan fingerprint density at radius 2 is 1.70 bits per heavy atom. The summed E-state index contributed by atoms with van der Waals surface area (Å²) in [7, 11) is 0. The molecule has 1 atom stereocenters. The highest BCUT2D eigenvalue weighted by molar-refractivity contribution is 9.10. The van der Waals surface area contributed by atoms with E-state index in [9.17, 15) is 9.59 Å². The highest BCUT2D eigenvalue weighted by atomic mass is 79.9. The lowest BCUT2D eigenvalue weighted by Crippen LogP contribution is -2.32. The summed E-state index contributed by atoms with van der Waals surface area (Å²) in [4.78, 5) is 27.2. The smallest absolute Gasteiger partial charge is 0.254 e. The predicted octanol–water partition coefficient (Wildman–Crippen LogP) is 2.85. The number of hydrogen-bond donors (Lipinski definition) is 1. The molecule has 0 saturated carbocycles. The third kappa shape index (κ3) is 3.35. The van der Waals surface area contributed by atoms with E-state index in [0.29, 0.717) is 29.8 Å². The summed E-state index contributed by atoms with van der Waals surface area (Å²) in [5.41, 5.74) is 7.31. The molecule has 0 unspecified atom stereocenters. The Morgan fingerprint density at radius 3 is 2.30 bits per heavy atom. The van der Waals surface area contributed by atoms with Gasteiger partial charge < -0.3 is 10.6 Å². The van der Waals surface area contributed by atoms with Crippen molar-refractivity contribution >= 4 is 27.6 Å². The number of halogens is 1. The maximum atomic E-state index is 12.8. The van der Waals surface area contributed by atoms with Crippen LogP contribution in [-0.2, 0) is 0 Å². The van der Waals surface area contributed by atoms with Crippen molar-refractivity contribution in [2.24, 2.45) is 5.73 Å². The van der Waals surface area contributed by atoms with E-state index in [-0.39, 0.29) is 17.7 Å². The topological polar surface area (TPSA) is 63.4 Å². The Kier molecular flexibility index (Phi) is 4.59. The van der Waals surface area contributed by atoms with Crippen LogP contribution in [-0.4, -0.2) is 35.7 Å². The molecule has 1 saturated heterocycles. The van der Waals surface area contributed by atoms with Gasteiger partial charge in [0.2, 0.25) is 0 Å². The zero-order valence-electron chi connectivity index (χ0n) is 12.5. The van der Waals surface area contributed by atoms with Gasteiger partial charge in [-0.15, -0.1) is 0 Å². The van der Waals surface area contributed by atoms with Gasteiger partial charge in [0, 0.05) is 34.7 Å². The molecule has 1 aliphatic heterocycles. The zero-order chi connectivity index (χ0) is 16.4. The van der Waals surface area contributed by atoms with E-state index in [4.69, 9.17) is 5.73 Å². The van der Waals surface area contributed by atoms with Crippen molar-refractivity contribution in [2.75, 3.05) is 13.1 Å². The minimum Gasteiger partial charge on any atom is -0.337 e. The van der Waals surface area contributed by atoms with Crippen LogP contribution in [0.15, 0.2) is 53.0 Å². The third-order valence-corrected chi connectivity index (χ3v) is 4.55. The van der Waals surface area contributed by atoms with Gasteiger partial charge in [0.15, 0.2) is 5.78 Å². The summed E-state index contributed by atoms with van der Waals surface area (Å²) < 4.78 is 0.907. The minimum absolute atomic E-state index is 0.0216. The molecule has 0 radical (unpaired) electrons. The van der Waals surface area contributed by atoms with E-state index >= 15 is 0 Å². The quantitative estimate of drug-likeness (QED) is 0.842. The van der Waals surface area contributed by atoms with E-state index in [1.165, 1.54) is 0 Å². The molecule has 0 bridgehead atoms. The second-order valence-corrected chi connectivity index (χ2v) is 6.60. The molecule has 0 aliphatic carbocycles. The highest BCUT2D eigenvalue weighted by Crippen LogP contribution is 2.20. The van der Waals surface area contributed by atoms with Gasteiger partial charge in [-0.2, -0.15) is 0 Å². The molecule has 0 aromatic heterocycles. The number of hydrogen-bond acceptors (Lipinski definition) is 3. The van der Waals surface area contributed by atoms with Crippen molar-refractivity contribution in [2.45, 2.75) is 12.5 Å². The Hall–Kier alpha value is -1.98. The molecule has 0 spiro atoms. The molecule has 23 heavy (non-hydrogen) atoms. The molecule has 1 amide bonds. The number of ketones is 1. The monoisotopic (exact) mass is 372 g/mol. The van der Waals surface area contributed by atoms with E-state index in [0.717, 1.165) is 10.9 Å². The average Bonchev–Trinajstić information content (AvgIpc) is 3.01. The van der Waals surface area contributed by atoms with Gasteiger partial charge in [0.25, 0.3) is 5.91 Å². The first kappa shape index (κ1) is 15.9. The van der Waals surface area contributed by atoms with Gasteiger partial charge in [-0.1, -0.05) is 34.1 Å². The number of carbonyl (C=O) groups is 2. The van der Waals surface area contributed by atoms with Gasteiger partial charge in [-0.3, -0.25) is 9.59 Å². The van der Waals surface area contributed by atoms with Crippen LogP contribution in [0.3, 0.4) is 0 Å². The lowest BCUT2D eigenvalue weighted by Gasteiger charge is -2.17. The second-order valence-electron chi connectivity index (χ2n) is 5.68. The van der Waals surface area contributed by atoms with E-state index in [2.05, 4.69) is 15.9 Å². The molecule has 4 nitrogen and oxygen atoms in total. The van der Waals surface area contributed by atoms with Crippen LogP contribution in [0.4, 0.5) is 0 Å². The fourth-order valence-corrected chi connectivity index (χ4v) is 3.03. The molecule has 1 aliphatic rings. The van der Waals surface area contributed by atoms with Crippen molar-refractivity contribution in [3.63, 3.8) is 0 Å². The number of amides is 1. The van der Waals surface area contributed by atoms with Gasteiger partial charge in [0.1, 0.15) is 0 Å². The Labute approximate surface area is 143 Å². The third-order valence-electron chi connectivity index (χ3n) is 4.02. The van der Waals surface area contributed by atoms with Crippen molar-refractivity contribution < 1.29 is 9.59 Å². The minimum atomic E-state index is -0.148. The predicted molar refractivity (Wildman–Crippen MR) is 92.5 cm³/mol. The van der Waals surface area contributed by atoms with Crippen LogP contribution in [0.2, 0.25) is 0 Å². The van der Waals surface area contributed by atoms with E-state index in [1.807, 2.05) is 12.1 Å². The van der Waals surface area contributed by atoms with Crippen LogP contribution in [0, 0.1) is 0 Å². The first-order valence-corrected chi connectivity index (χ1v) is 8.29. The summed E-state index contributed by atoms with van der Waals surface area (Å²) in [6.45, 7) is 1.18. The fourth-order valence-electron chi connectivity index (χ4n) is 2.77. The van der Waals surface area contributed by atoms with Crippen molar-refractivity contribution in [3.8, 4) is 0 Å². The fraction of sp³-hybridized carbons (Fsp3) is 0.222. The summed E-state index contributed by atoms with van der Waals surface area (Å²) in [5, 5.41) is 0. The maximum Gasteiger partial charge on any atom is 0.254 e. The van der Waals surface area contributed by atoms with Crippen LogP contribution in [0.25, 0.3) is 0 Å². The lowest BCUT2D eigenvalue weighted by molar-refractivity contribution is 0.0786. The molecule has 118 valence electrons. The molecule has 2 aromatic carbocycles. The Bertz CT molecular complexity index is 743. The molecule has 1 fully saturated rings. The zero-order valence-corrected chi connectivity index (χ0v) is 14.1. The Balaban J connectivity index is 1.93. The molecule has 1 heterocycles. The molecule has 5 heteroatoms. The van der Waals surface area contributed by atoms with Gasteiger partial charge in [-0.25, -0.2) is 0 Å². The van der Waals surface area contributed by atoms with Gasteiger partial charge in [-0.05, 0) is 36.8 Å². The second kappa shape index (κ2) is 6.64. The maximum absolute atomic E-state index is 12.8. The van der Waals surface area contributed by atoms with Crippen LogP contribution >= 0.6 is 15.9 Å². The first-order valence-electron chi connectivity index (χ1n) is 7.50. The SMILES string of the molecule is N[C@@H]1CCN(C(=O)c2ccccc2C(=O)c2ccc(Br)cc2)C1. The number of carbonyl (C=O) groups excluding carboxylic acids is 2. The van der Waals surface area contributed by atoms with Crippen LogP contribution in [0.5, 0.6) is 0 Å². The first-order chi connectivity index (χ1) is 11.1. The lowest BCUT2D eigenvalue weighted by atomic mass is 9.97. The summed E-state index contributed by atoms with van der Waals surface area (Å²) in [5.74, 6) is -0.274. The average molecular weight is 373 g/mol. The molecule has 3 rings (SSSR count). The summed E-state index contributed by atoms with van der Waals surface area (Å²) >= 11 is 3.35. The molecular weight excluding hydrogens is 356 g/mol. The van der Waals surface area contributed by atoms with E-state index in [1.54, 1.807) is 41.3 Å². The molecule has 2 aromatic rings. The van der Waals surface area contributed by atoms with E-state index < -0.39 is 0 Å². The number of nitrogens with two attached hydrogens (primary N) is 1. The van der Waals surface area contributed by atoms with Gasteiger partial charge >= 0.3 is 0 Å². The number of nitrogens with zero attached hydrogens (tertiary/aromatic N) is 1. The highest BCUT2D eigenvalue weighted by Gasteiger charge is 2.27. The van der Waals surface area contributed by atoms with Crippen molar-refractivity contribution in [3.05, 3.63) is 69.7 Å². The standard InChI is InChI=1S/C18H17BrN2O2/c19-13-7-5-12(6-8-13)17(22)15-3-1-2-4-16(15)18(23)21-10-9-14(20)11-21/h1-8,14H,9-11,20H2/t14-/m1/s1. The van der Waals surface area contributed by atoms with Crippen molar-refractivity contribution in [1.82, 2.24) is 4.90 Å². The normalized spacial score (nSPS) is 17.3. The largest absolute Gasteiger partial charge is 0.337 e. The summed E-state index contributed by atoms with van der Waals surface area (Å²) in [6.07, 6.45) is 0.800. The molecular formula is C18H17BrN2O2. The van der Waals surface area contributed by atoms with Crippen molar-refractivity contribution in [1.29, 1.82) is 0 Å². The van der Waals surface area contributed by atoms with Gasteiger partial charge in [0.05, 0.1) is 5.56 Å². The molecule has 2 N–H and O–H groups in total. The van der Waals surface area contributed by atoms with Crippen LogP contribution < -0.4 is 5.73 Å². The number of rotatable bonds is 3. The number of likely N-dealkylation sites (tertiary alicyclic amines) is 1. The Morgan fingerprint density at radius 1 is 1.04 bits per heavy atom. The summed E-state index contributed by atoms with van der Waals surface area (Å²) in [6, 6.07) is 14.1. The number of benzene rings is 2. The van der Waals surface area contributed by atoms with Crippen LogP contribution in [0.1, 0.15) is 32.7 Å².